The van der Waals surface area contributed by atoms with Crippen LogP contribution < -0.4 is 14.8 Å². The fraction of sp³-hybridized carbons (Fsp3) is 0.208. The van der Waals surface area contributed by atoms with Crippen LogP contribution in [-0.4, -0.2) is 22.9 Å². The van der Waals surface area contributed by atoms with Gasteiger partial charge in [-0.3, -0.25) is 4.79 Å². The van der Waals surface area contributed by atoms with Crippen LogP contribution in [-0.2, 0) is 11.2 Å². The maximum absolute atomic E-state index is 12.5. The lowest BCUT2D eigenvalue weighted by Crippen LogP contribution is -2.27. The number of fused-ring (bicyclic) bond motifs is 2. The van der Waals surface area contributed by atoms with Crippen LogP contribution in [0, 0.1) is 0 Å². The topological polar surface area (TPSA) is 86.5 Å². The standard InChI is InChI=1S/C24H21N3O4/c1-15(18-8-4-6-16-5-2-3-7-19(16)18)25-22(28)11-12-23-26-27-24(31-23)17-9-10-20-21(13-17)30-14-29-20/h2-10,13,15H,11-12,14H2,1H3,(H,25,28). The normalized spacial score (nSPS) is 13.3. The van der Waals surface area contributed by atoms with Crippen molar-refractivity contribution in [3.05, 3.63) is 72.1 Å². The first-order valence-electron chi connectivity index (χ1n) is 10.2. The Bertz CT molecular complexity index is 1250. The molecule has 31 heavy (non-hydrogen) atoms. The molecule has 0 spiro atoms. The third kappa shape index (κ3) is 3.94. The molecular weight excluding hydrogens is 394 g/mol. The summed E-state index contributed by atoms with van der Waals surface area (Å²) in [5.74, 6) is 2.08. The zero-order valence-corrected chi connectivity index (χ0v) is 17.0. The Morgan fingerprint density at radius 2 is 1.87 bits per heavy atom. The van der Waals surface area contributed by atoms with E-state index in [4.69, 9.17) is 13.9 Å². The highest BCUT2D eigenvalue weighted by Gasteiger charge is 2.18. The molecule has 3 aromatic carbocycles. The van der Waals surface area contributed by atoms with Crippen molar-refractivity contribution in [3.8, 4) is 23.0 Å². The fourth-order valence-corrected chi connectivity index (χ4v) is 3.74. The van der Waals surface area contributed by atoms with Gasteiger partial charge < -0.3 is 19.2 Å². The second-order valence-corrected chi connectivity index (χ2v) is 7.43. The number of carbonyl (C=O) groups excluding carboxylic acids is 1. The summed E-state index contributed by atoms with van der Waals surface area (Å²) in [5, 5.41) is 13.5. The van der Waals surface area contributed by atoms with Crippen LogP contribution in [0.15, 0.2) is 65.1 Å². The van der Waals surface area contributed by atoms with E-state index in [0.717, 1.165) is 21.9 Å². The zero-order chi connectivity index (χ0) is 21.2. The molecule has 156 valence electrons. The van der Waals surface area contributed by atoms with E-state index < -0.39 is 0 Å². The Hall–Kier alpha value is -3.87. The summed E-state index contributed by atoms with van der Waals surface area (Å²) in [5.41, 5.74) is 1.84. The molecule has 1 unspecified atom stereocenters. The van der Waals surface area contributed by atoms with Gasteiger partial charge in [0.2, 0.25) is 24.5 Å². The SMILES string of the molecule is CC(NC(=O)CCc1nnc(-c2ccc3c(c2)OCO3)o1)c1cccc2ccccc12. The van der Waals surface area contributed by atoms with Crippen LogP contribution in [0.25, 0.3) is 22.2 Å². The van der Waals surface area contributed by atoms with Gasteiger partial charge in [-0.2, -0.15) is 0 Å². The molecule has 0 radical (unpaired) electrons. The van der Waals surface area contributed by atoms with Crippen LogP contribution >= 0.6 is 0 Å². The van der Waals surface area contributed by atoms with Gasteiger partial charge in [0.25, 0.3) is 0 Å². The Morgan fingerprint density at radius 1 is 1.03 bits per heavy atom. The highest BCUT2D eigenvalue weighted by atomic mass is 16.7. The summed E-state index contributed by atoms with van der Waals surface area (Å²) < 4.78 is 16.4. The van der Waals surface area contributed by atoms with Gasteiger partial charge in [0.15, 0.2) is 11.5 Å². The molecule has 1 amide bonds. The minimum absolute atomic E-state index is 0.0664. The number of aromatic nitrogens is 2. The monoisotopic (exact) mass is 415 g/mol. The van der Waals surface area contributed by atoms with Crippen LogP contribution in [0.4, 0.5) is 0 Å². The van der Waals surface area contributed by atoms with Gasteiger partial charge in [-0.05, 0) is 41.5 Å². The molecule has 5 rings (SSSR count). The van der Waals surface area contributed by atoms with Gasteiger partial charge in [-0.1, -0.05) is 42.5 Å². The van der Waals surface area contributed by atoms with Crippen molar-refractivity contribution >= 4 is 16.7 Å². The predicted molar refractivity (Wildman–Crippen MR) is 115 cm³/mol. The van der Waals surface area contributed by atoms with E-state index in [1.165, 1.54) is 0 Å². The molecule has 0 fully saturated rings. The summed E-state index contributed by atoms with van der Waals surface area (Å²) in [6.07, 6.45) is 0.628. The van der Waals surface area contributed by atoms with Crippen molar-refractivity contribution in [1.29, 1.82) is 0 Å². The summed E-state index contributed by atoms with van der Waals surface area (Å²) in [6, 6.07) is 19.6. The largest absolute Gasteiger partial charge is 0.454 e. The quantitative estimate of drug-likeness (QED) is 0.501. The Kier molecular flexibility index (Phi) is 5.00. The summed E-state index contributed by atoms with van der Waals surface area (Å²) in [7, 11) is 0. The first-order chi connectivity index (χ1) is 15.2. The average molecular weight is 415 g/mol. The molecular formula is C24H21N3O4. The van der Waals surface area contributed by atoms with Crippen molar-refractivity contribution in [2.45, 2.75) is 25.8 Å². The highest BCUT2D eigenvalue weighted by Crippen LogP contribution is 2.35. The molecule has 1 aliphatic rings. The molecule has 1 aromatic heterocycles. The number of nitrogens with one attached hydrogen (secondary N) is 1. The molecule has 7 nitrogen and oxygen atoms in total. The lowest BCUT2D eigenvalue weighted by molar-refractivity contribution is -0.121. The third-order valence-corrected chi connectivity index (χ3v) is 5.32. The lowest BCUT2D eigenvalue weighted by Gasteiger charge is -2.16. The molecule has 4 aromatic rings. The fourth-order valence-electron chi connectivity index (χ4n) is 3.74. The molecule has 0 saturated carbocycles. The van der Waals surface area contributed by atoms with Gasteiger partial charge >= 0.3 is 0 Å². The molecule has 7 heteroatoms. The first-order valence-corrected chi connectivity index (χ1v) is 10.2. The smallest absolute Gasteiger partial charge is 0.247 e. The van der Waals surface area contributed by atoms with Gasteiger partial charge in [-0.25, -0.2) is 0 Å². The van der Waals surface area contributed by atoms with Crippen LogP contribution in [0.1, 0.15) is 30.8 Å². The van der Waals surface area contributed by atoms with E-state index in [9.17, 15) is 4.79 Å². The van der Waals surface area contributed by atoms with Crippen molar-refractivity contribution < 1.29 is 18.7 Å². The third-order valence-electron chi connectivity index (χ3n) is 5.32. The zero-order valence-electron chi connectivity index (χ0n) is 17.0. The predicted octanol–water partition coefficient (Wildman–Crippen LogP) is 4.43. The lowest BCUT2D eigenvalue weighted by atomic mass is 9.99. The summed E-state index contributed by atoms with van der Waals surface area (Å²) in [6.45, 7) is 2.20. The van der Waals surface area contributed by atoms with E-state index >= 15 is 0 Å². The summed E-state index contributed by atoms with van der Waals surface area (Å²) in [4.78, 5) is 12.5. The van der Waals surface area contributed by atoms with E-state index in [1.807, 2.05) is 43.3 Å². The maximum Gasteiger partial charge on any atom is 0.247 e. The van der Waals surface area contributed by atoms with Crippen molar-refractivity contribution in [2.24, 2.45) is 0 Å². The molecule has 0 aliphatic carbocycles. The molecule has 1 aliphatic heterocycles. The second kappa shape index (κ2) is 8.10. The number of nitrogens with zero attached hydrogens (tertiary/aromatic N) is 2. The number of aryl methyl sites for hydroxylation is 1. The number of benzene rings is 3. The molecule has 0 bridgehead atoms. The van der Waals surface area contributed by atoms with Crippen LogP contribution in [0.3, 0.4) is 0 Å². The van der Waals surface area contributed by atoms with Crippen molar-refractivity contribution in [3.63, 3.8) is 0 Å². The number of rotatable bonds is 6. The Labute approximate surface area is 179 Å². The van der Waals surface area contributed by atoms with Gasteiger partial charge in [-0.15, -0.1) is 10.2 Å². The van der Waals surface area contributed by atoms with Crippen molar-refractivity contribution in [2.75, 3.05) is 6.79 Å². The van der Waals surface area contributed by atoms with Crippen LogP contribution in [0.2, 0.25) is 0 Å². The van der Waals surface area contributed by atoms with Gasteiger partial charge in [0.1, 0.15) is 0 Å². The first kappa shape index (κ1) is 19.1. The van der Waals surface area contributed by atoms with E-state index in [-0.39, 0.29) is 25.2 Å². The second-order valence-electron chi connectivity index (χ2n) is 7.43. The molecule has 1 atom stereocenters. The minimum Gasteiger partial charge on any atom is -0.454 e. The van der Waals surface area contributed by atoms with E-state index in [2.05, 4.69) is 33.7 Å². The number of ether oxygens (including phenoxy) is 2. The number of amides is 1. The summed E-state index contributed by atoms with van der Waals surface area (Å²) >= 11 is 0. The average Bonchev–Trinajstić information content (AvgIpc) is 3.46. The highest BCUT2D eigenvalue weighted by molar-refractivity contribution is 5.86. The van der Waals surface area contributed by atoms with E-state index in [0.29, 0.717) is 29.7 Å². The van der Waals surface area contributed by atoms with Crippen LogP contribution in [0.5, 0.6) is 11.5 Å². The number of hydrogen-bond donors (Lipinski definition) is 1. The van der Waals surface area contributed by atoms with Gasteiger partial charge in [0, 0.05) is 18.4 Å². The Balaban J connectivity index is 1.21. The maximum atomic E-state index is 12.5. The van der Waals surface area contributed by atoms with Crippen molar-refractivity contribution in [1.82, 2.24) is 15.5 Å². The Morgan fingerprint density at radius 3 is 2.81 bits per heavy atom. The molecule has 2 heterocycles. The molecule has 0 saturated heterocycles. The number of carbonyl (C=O) groups is 1. The van der Waals surface area contributed by atoms with E-state index in [1.54, 1.807) is 6.07 Å². The number of hydrogen-bond acceptors (Lipinski definition) is 6. The molecule has 1 N–H and O–H groups in total. The minimum atomic E-state index is -0.106. The van der Waals surface area contributed by atoms with Gasteiger partial charge in [0.05, 0.1) is 6.04 Å².